The number of fused-ring (bicyclic) bond motifs is 1. The molecule has 2 aromatic carbocycles. The molecular formula is C25H30N2O4. The predicted octanol–water partition coefficient (Wildman–Crippen LogP) is 5.76. The molecule has 0 aliphatic carbocycles. The zero-order valence-electron chi connectivity index (χ0n) is 19.0. The molecule has 0 bridgehead atoms. The van der Waals surface area contributed by atoms with E-state index in [4.69, 9.17) is 9.47 Å². The summed E-state index contributed by atoms with van der Waals surface area (Å²) in [5.74, 6) is 0.641. The van der Waals surface area contributed by atoms with Crippen molar-refractivity contribution in [3.8, 4) is 5.75 Å². The number of carbonyl (C=O) groups is 2. The van der Waals surface area contributed by atoms with E-state index in [9.17, 15) is 9.59 Å². The first-order valence-electron chi connectivity index (χ1n) is 10.4. The summed E-state index contributed by atoms with van der Waals surface area (Å²) in [7, 11) is 0. The van der Waals surface area contributed by atoms with E-state index in [-0.39, 0.29) is 18.6 Å². The smallest absolute Gasteiger partial charge is 0.419 e. The third-order valence-electron chi connectivity index (χ3n) is 4.72. The summed E-state index contributed by atoms with van der Waals surface area (Å²) >= 11 is 0. The lowest BCUT2D eigenvalue weighted by Gasteiger charge is -2.25. The molecule has 31 heavy (non-hydrogen) atoms. The molecule has 0 unspecified atom stereocenters. The summed E-state index contributed by atoms with van der Waals surface area (Å²) < 4.78 is 13.1. The fourth-order valence-electron chi connectivity index (χ4n) is 3.55. The number of hydrogen-bond acceptors (Lipinski definition) is 4. The molecule has 6 heteroatoms. The summed E-state index contributed by atoms with van der Waals surface area (Å²) in [6.45, 7) is 11.2. The molecule has 6 nitrogen and oxygen atoms in total. The van der Waals surface area contributed by atoms with E-state index in [1.807, 2.05) is 89.2 Å². The van der Waals surface area contributed by atoms with Crippen LogP contribution in [0.5, 0.6) is 5.75 Å². The average molecular weight is 423 g/mol. The van der Waals surface area contributed by atoms with Crippen LogP contribution in [0.2, 0.25) is 0 Å². The van der Waals surface area contributed by atoms with E-state index in [0.29, 0.717) is 11.4 Å². The maximum absolute atomic E-state index is 12.9. The summed E-state index contributed by atoms with van der Waals surface area (Å²) in [4.78, 5) is 26.5. The SMILES string of the molecule is CC(=O)N(c1ccc(OCc2cc3ccccc3n2C(=O)OC(C)(C)C)cc1)C(C)C. The van der Waals surface area contributed by atoms with Crippen LogP contribution in [0, 0.1) is 0 Å². The van der Waals surface area contributed by atoms with Crippen molar-refractivity contribution >= 4 is 28.6 Å². The molecule has 1 amide bonds. The Morgan fingerprint density at radius 3 is 2.26 bits per heavy atom. The van der Waals surface area contributed by atoms with Crippen LogP contribution < -0.4 is 9.64 Å². The largest absolute Gasteiger partial charge is 0.487 e. The summed E-state index contributed by atoms with van der Waals surface area (Å²) in [5, 5.41) is 0.941. The molecule has 1 heterocycles. The average Bonchev–Trinajstić information content (AvgIpc) is 3.04. The van der Waals surface area contributed by atoms with Gasteiger partial charge in [0.1, 0.15) is 18.0 Å². The minimum Gasteiger partial charge on any atom is -0.487 e. The number of amides is 1. The first kappa shape index (κ1) is 22.4. The highest BCUT2D eigenvalue weighted by Gasteiger charge is 2.22. The molecule has 0 N–H and O–H groups in total. The number of ether oxygens (including phenoxy) is 2. The Morgan fingerprint density at radius 2 is 1.68 bits per heavy atom. The molecule has 0 saturated carbocycles. The molecule has 0 atom stereocenters. The van der Waals surface area contributed by atoms with Crippen molar-refractivity contribution in [3.05, 3.63) is 60.3 Å². The Balaban J connectivity index is 1.83. The minimum absolute atomic E-state index is 0.00875. The van der Waals surface area contributed by atoms with Gasteiger partial charge in [-0.1, -0.05) is 18.2 Å². The van der Waals surface area contributed by atoms with Gasteiger partial charge in [0.25, 0.3) is 0 Å². The van der Waals surface area contributed by atoms with Gasteiger partial charge in [-0.05, 0) is 71.0 Å². The number of benzene rings is 2. The maximum atomic E-state index is 12.9. The molecular weight excluding hydrogens is 392 g/mol. The topological polar surface area (TPSA) is 60.8 Å². The van der Waals surface area contributed by atoms with Crippen molar-refractivity contribution in [2.45, 2.75) is 59.8 Å². The number of para-hydroxylation sites is 1. The number of rotatable bonds is 5. The molecule has 0 aliphatic heterocycles. The minimum atomic E-state index is -0.602. The van der Waals surface area contributed by atoms with Gasteiger partial charge in [-0.2, -0.15) is 0 Å². The molecule has 0 radical (unpaired) electrons. The van der Waals surface area contributed by atoms with E-state index in [1.165, 1.54) is 0 Å². The van der Waals surface area contributed by atoms with E-state index < -0.39 is 11.7 Å². The maximum Gasteiger partial charge on any atom is 0.419 e. The highest BCUT2D eigenvalue weighted by Crippen LogP contribution is 2.25. The molecule has 0 spiro atoms. The van der Waals surface area contributed by atoms with E-state index in [1.54, 1.807) is 16.4 Å². The molecule has 1 aromatic heterocycles. The molecule has 3 rings (SSSR count). The van der Waals surface area contributed by atoms with E-state index >= 15 is 0 Å². The van der Waals surface area contributed by atoms with Gasteiger partial charge in [0.15, 0.2) is 0 Å². The van der Waals surface area contributed by atoms with Crippen molar-refractivity contribution in [1.82, 2.24) is 4.57 Å². The van der Waals surface area contributed by atoms with Gasteiger partial charge < -0.3 is 14.4 Å². The highest BCUT2D eigenvalue weighted by atomic mass is 16.6. The van der Waals surface area contributed by atoms with Crippen LogP contribution in [0.4, 0.5) is 10.5 Å². The lowest BCUT2D eigenvalue weighted by molar-refractivity contribution is -0.116. The zero-order chi connectivity index (χ0) is 22.8. The molecule has 0 aliphatic rings. The fourth-order valence-corrected chi connectivity index (χ4v) is 3.55. The lowest BCUT2D eigenvalue weighted by Crippen LogP contribution is -2.34. The summed E-state index contributed by atoms with van der Waals surface area (Å²) in [6, 6.07) is 17.0. The van der Waals surface area contributed by atoms with Gasteiger partial charge in [0.2, 0.25) is 5.91 Å². The van der Waals surface area contributed by atoms with Crippen LogP contribution in [0.1, 0.15) is 47.2 Å². The van der Waals surface area contributed by atoms with Crippen molar-refractivity contribution in [1.29, 1.82) is 0 Å². The van der Waals surface area contributed by atoms with Crippen molar-refractivity contribution < 1.29 is 19.1 Å². The van der Waals surface area contributed by atoms with Crippen LogP contribution in [-0.2, 0) is 16.1 Å². The summed E-state index contributed by atoms with van der Waals surface area (Å²) in [5.41, 5.74) is 1.69. The number of hydrogen-bond donors (Lipinski definition) is 0. The van der Waals surface area contributed by atoms with Crippen LogP contribution in [0.25, 0.3) is 10.9 Å². The number of carbonyl (C=O) groups excluding carboxylic acids is 2. The summed E-state index contributed by atoms with van der Waals surface area (Å²) in [6.07, 6.45) is -0.434. The van der Waals surface area contributed by atoms with Gasteiger partial charge in [-0.25, -0.2) is 9.36 Å². The second-order valence-corrected chi connectivity index (χ2v) is 8.78. The van der Waals surface area contributed by atoms with Crippen LogP contribution in [-0.4, -0.2) is 28.2 Å². The number of nitrogens with zero attached hydrogens (tertiary/aromatic N) is 2. The van der Waals surface area contributed by atoms with Gasteiger partial charge in [-0.15, -0.1) is 0 Å². The Morgan fingerprint density at radius 1 is 1.03 bits per heavy atom. The van der Waals surface area contributed by atoms with Gasteiger partial charge in [0, 0.05) is 24.0 Å². The van der Waals surface area contributed by atoms with Crippen LogP contribution >= 0.6 is 0 Å². The van der Waals surface area contributed by atoms with E-state index in [2.05, 4.69) is 0 Å². The Labute approximate surface area is 183 Å². The molecule has 0 saturated heterocycles. The monoisotopic (exact) mass is 422 g/mol. The van der Waals surface area contributed by atoms with Gasteiger partial charge in [0.05, 0.1) is 11.2 Å². The molecule has 3 aromatic rings. The van der Waals surface area contributed by atoms with Gasteiger partial charge in [-0.3, -0.25) is 4.79 Å². The molecule has 164 valence electrons. The standard InChI is InChI=1S/C25H30N2O4/c1-17(2)26(18(3)28)20-11-13-22(14-12-20)30-16-21-15-19-9-7-8-10-23(19)27(21)24(29)31-25(4,5)6/h7-15,17H,16H2,1-6H3. The normalized spacial score (nSPS) is 11.6. The Hall–Kier alpha value is -3.28. The van der Waals surface area contributed by atoms with Gasteiger partial charge >= 0.3 is 6.09 Å². The quantitative estimate of drug-likeness (QED) is 0.524. The predicted molar refractivity (Wildman–Crippen MR) is 123 cm³/mol. The number of anilines is 1. The Bertz CT molecular complexity index is 1080. The fraction of sp³-hybridized carbons (Fsp3) is 0.360. The molecule has 0 fully saturated rings. The Kier molecular flexibility index (Phi) is 6.39. The second-order valence-electron chi connectivity index (χ2n) is 8.78. The third-order valence-corrected chi connectivity index (χ3v) is 4.72. The lowest BCUT2D eigenvalue weighted by atomic mass is 10.2. The van der Waals surface area contributed by atoms with Crippen molar-refractivity contribution in [3.63, 3.8) is 0 Å². The first-order valence-corrected chi connectivity index (χ1v) is 10.4. The van der Waals surface area contributed by atoms with Crippen LogP contribution in [0.3, 0.4) is 0 Å². The van der Waals surface area contributed by atoms with Crippen molar-refractivity contribution in [2.75, 3.05) is 4.90 Å². The van der Waals surface area contributed by atoms with Crippen molar-refractivity contribution in [2.24, 2.45) is 0 Å². The van der Waals surface area contributed by atoms with E-state index in [0.717, 1.165) is 16.6 Å². The zero-order valence-corrected chi connectivity index (χ0v) is 19.0. The number of aromatic nitrogens is 1. The highest BCUT2D eigenvalue weighted by molar-refractivity contribution is 5.92. The second kappa shape index (κ2) is 8.84. The first-order chi connectivity index (χ1) is 14.6. The van der Waals surface area contributed by atoms with Crippen LogP contribution in [0.15, 0.2) is 54.6 Å². The third kappa shape index (κ3) is 5.26.